The molecule has 0 unspecified atom stereocenters. The lowest BCUT2D eigenvalue weighted by Crippen LogP contribution is -2.36. The summed E-state index contributed by atoms with van der Waals surface area (Å²) in [5.74, 6) is 0.325. The van der Waals surface area contributed by atoms with Gasteiger partial charge in [0.05, 0.1) is 43.4 Å². The van der Waals surface area contributed by atoms with E-state index in [2.05, 4.69) is 16.0 Å². The van der Waals surface area contributed by atoms with E-state index >= 15 is 4.39 Å². The van der Waals surface area contributed by atoms with Crippen LogP contribution in [0, 0.1) is 17.1 Å². The summed E-state index contributed by atoms with van der Waals surface area (Å²) in [7, 11) is 0. The molecule has 2 aromatic carbocycles. The standard InChI is InChI=1S/C29H27FN4O3/c30-24-16-19(1-3-27(24)34-9-13-36-14-10-34)26-17-23-25(33-26)5-8-32-29(23)20-2-4-28(21(15-20)18-31)37-22-6-11-35-12-7-22/h1-5,8,15-17,22,33H,6-7,9-14H2. The van der Waals surface area contributed by atoms with E-state index in [1.807, 2.05) is 47.4 Å². The van der Waals surface area contributed by atoms with Gasteiger partial charge in [-0.1, -0.05) is 6.07 Å². The Bertz CT molecular complexity index is 1470. The fourth-order valence-electron chi connectivity index (χ4n) is 5.02. The monoisotopic (exact) mass is 498 g/mol. The number of aromatic nitrogens is 2. The van der Waals surface area contributed by atoms with Crippen LogP contribution >= 0.6 is 0 Å². The summed E-state index contributed by atoms with van der Waals surface area (Å²) in [4.78, 5) is 10.0. The van der Waals surface area contributed by atoms with E-state index < -0.39 is 0 Å². The van der Waals surface area contributed by atoms with Crippen LogP contribution in [-0.2, 0) is 9.47 Å². The molecule has 37 heavy (non-hydrogen) atoms. The molecule has 2 saturated heterocycles. The van der Waals surface area contributed by atoms with Gasteiger partial charge >= 0.3 is 0 Å². The second kappa shape index (κ2) is 10.2. The minimum atomic E-state index is -0.254. The number of fused-ring (bicyclic) bond motifs is 1. The number of hydrogen-bond acceptors (Lipinski definition) is 6. The van der Waals surface area contributed by atoms with Crippen molar-refractivity contribution in [3.8, 4) is 34.3 Å². The minimum absolute atomic E-state index is 0.0514. The first kappa shape index (κ1) is 23.5. The normalized spacial score (nSPS) is 16.6. The molecule has 8 heteroatoms. The molecule has 2 aliphatic rings. The molecule has 4 heterocycles. The molecule has 0 spiro atoms. The van der Waals surface area contributed by atoms with Gasteiger partial charge < -0.3 is 24.1 Å². The summed E-state index contributed by atoms with van der Waals surface area (Å²) >= 11 is 0. The van der Waals surface area contributed by atoms with Gasteiger partial charge in [-0.3, -0.25) is 4.98 Å². The highest BCUT2D eigenvalue weighted by molar-refractivity contribution is 5.96. The van der Waals surface area contributed by atoms with Crippen LogP contribution < -0.4 is 9.64 Å². The maximum absolute atomic E-state index is 15.1. The molecule has 188 valence electrons. The quantitative estimate of drug-likeness (QED) is 0.402. The molecule has 0 radical (unpaired) electrons. The number of H-pyrrole nitrogens is 1. The van der Waals surface area contributed by atoms with E-state index in [4.69, 9.17) is 14.2 Å². The average molecular weight is 499 g/mol. The van der Waals surface area contributed by atoms with Crippen LogP contribution in [0.5, 0.6) is 5.75 Å². The number of pyridine rings is 1. The van der Waals surface area contributed by atoms with Gasteiger partial charge in [-0.25, -0.2) is 4.39 Å². The summed E-state index contributed by atoms with van der Waals surface area (Å²) in [6.45, 7) is 3.92. The third kappa shape index (κ3) is 4.76. The molecule has 2 aliphatic heterocycles. The number of nitrogens with zero attached hydrogens (tertiary/aromatic N) is 3. The predicted molar refractivity (Wildman–Crippen MR) is 139 cm³/mol. The number of halogens is 1. The molecule has 1 N–H and O–H groups in total. The SMILES string of the molecule is N#Cc1cc(-c2nccc3[nH]c(-c4ccc(N5CCOCC5)c(F)c4)cc23)ccc1OC1CCOCC1. The highest BCUT2D eigenvalue weighted by atomic mass is 19.1. The zero-order chi connectivity index (χ0) is 25.2. The fraction of sp³-hybridized carbons (Fsp3) is 0.310. The molecular weight excluding hydrogens is 471 g/mol. The first-order chi connectivity index (χ1) is 18.2. The summed E-state index contributed by atoms with van der Waals surface area (Å²) in [6, 6.07) is 17.1. The van der Waals surface area contributed by atoms with E-state index in [0.29, 0.717) is 56.5 Å². The number of nitrogens with one attached hydrogen (secondary N) is 1. The molecule has 0 saturated carbocycles. The van der Waals surface area contributed by atoms with Crippen molar-refractivity contribution in [1.82, 2.24) is 9.97 Å². The number of rotatable bonds is 5. The lowest BCUT2D eigenvalue weighted by atomic mass is 10.0. The highest BCUT2D eigenvalue weighted by Crippen LogP contribution is 2.34. The van der Waals surface area contributed by atoms with Gasteiger partial charge in [0.25, 0.3) is 0 Å². The Labute approximate surface area is 214 Å². The fourth-order valence-corrected chi connectivity index (χ4v) is 5.02. The Morgan fingerprint density at radius 3 is 2.54 bits per heavy atom. The van der Waals surface area contributed by atoms with Gasteiger partial charge in [-0.15, -0.1) is 0 Å². The average Bonchev–Trinajstić information content (AvgIpc) is 3.39. The first-order valence-corrected chi connectivity index (χ1v) is 12.6. The van der Waals surface area contributed by atoms with Crippen LogP contribution in [0.15, 0.2) is 54.7 Å². The second-order valence-electron chi connectivity index (χ2n) is 9.32. The van der Waals surface area contributed by atoms with E-state index in [1.165, 1.54) is 0 Å². The number of nitriles is 1. The van der Waals surface area contributed by atoms with Crippen LogP contribution in [0.3, 0.4) is 0 Å². The van der Waals surface area contributed by atoms with Gasteiger partial charge in [0, 0.05) is 59.9 Å². The minimum Gasteiger partial charge on any atom is -0.489 e. The second-order valence-corrected chi connectivity index (χ2v) is 9.32. The molecule has 0 amide bonds. The molecule has 0 aliphatic carbocycles. The van der Waals surface area contributed by atoms with Crippen molar-refractivity contribution in [3.05, 3.63) is 66.1 Å². The van der Waals surface area contributed by atoms with Gasteiger partial charge in [-0.05, 0) is 42.5 Å². The van der Waals surface area contributed by atoms with Crippen molar-refractivity contribution in [2.24, 2.45) is 0 Å². The van der Waals surface area contributed by atoms with Crippen LogP contribution in [0.2, 0.25) is 0 Å². The van der Waals surface area contributed by atoms with E-state index in [9.17, 15) is 5.26 Å². The number of aromatic amines is 1. The number of morpholine rings is 1. The van der Waals surface area contributed by atoms with Crippen molar-refractivity contribution in [2.75, 3.05) is 44.4 Å². The summed E-state index contributed by atoms with van der Waals surface area (Å²) in [5, 5.41) is 10.7. The van der Waals surface area contributed by atoms with Crippen molar-refractivity contribution in [1.29, 1.82) is 5.26 Å². The Kier molecular flexibility index (Phi) is 6.47. The zero-order valence-electron chi connectivity index (χ0n) is 20.4. The third-order valence-electron chi connectivity index (χ3n) is 6.99. The van der Waals surface area contributed by atoms with Crippen LogP contribution in [0.1, 0.15) is 18.4 Å². The number of benzene rings is 2. The third-order valence-corrected chi connectivity index (χ3v) is 6.99. The molecule has 0 atom stereocenters. The van der Waals surface area contributed by atoms with Crippen LogP contribution in [0.25, 0.3) is 33.4 Å². The lowest BCUT2D eigenvalue weighted by Gasteiger charge is -2.29. The van der Waals surface area contributed by atoms with E-state index in [0.717, 1.165) is 46.3 Å². The van der Waals surface area contributed by atoms with Gasteiger partial charge in [0.1, 0.15) is 23.7 Å². The van der Waals surface area contributed by atoms with Crippen molar-refractivity contribution in [2.45, 2.75) is 18.9 Å². The number of ether oxygens (including phenoxy) is 3. The summed E-state index contributed by atoms with van der Waals surface area (Å²) < 4.78 is 31.9. The maximum Gasteiger partial charge on any atom is 0.147 e. The van der Waals surface area contributed by atoms with Gasteiger partial charge in [-0.2, -0.15) is 5.26 Å². The van der Waals surface area contributed by atoms with Crippen LogP contribution in [-0.4, -0.2) is 55.6 Å². The Hall–Kier alpha value is -3.93. The zero-order valence-corrected chi connectivity index (χ0v) is 20.4. The number of anilines is 1. The topological polar surface area (TPSA) is 83.4 Å². The molecule has 2 aromatic heterocycles. The van der Waals surface area contributed by atoms with Gasteiger partial charge in [0.2, 0.25) is 0 Å². The maximum atomic E-state index is 15.1. The van der Waals surface area contributed by atoms with Crippen molar-refractivity contribution < 1.29 is 18.6 Å². The molecule has 6 rings (SSSR count). The highest BCUT2D eigenvalue weighted by Gasteiger charge is 2.19. The van der Waals surface area contributed by atoms with Gasteiger partial charge in [0.15, 0.2) is 0 Å². The summed E-state index contributed by atoms with van der Waals surface area (Å²) in [5.41, 5.74) is 5.09. The Balaban J connectivity index is 1.31. The lowest BCUT2D eigenvalue weighted by molar-refractivity contribution is 0.0254. The largest absolute Gasteiger partial charge is 0.489 e. The van der Waals surface area contributed by atoms with Crippen molar-refractivity contribution in [3.63, 3.8) is 0 Å². The van der Waals surface area contributed by atoms with Crippen LogP contribution in [0.4, 0.5) is 10.1 Å². The molecule has 7 nitrogen and oxygen atoms in total. The van der Waals surface area contributed by atoms with Crippen molar-refractivity contribution >= 4 is 16.6 Å². The smallest absolute Gasteiger partial charge is 0.147 e. The van der Waals surface area contributed by atoms with E-state index in [-0.39, 0.29) is 11.9 Å². The molecule has 4 aromatic rings. The summed E-state index contributed by atoms with van der Waals surface area (Å²) in [6.07, 6.45) is 3.41. The molecule has 0 bridgehead atoms. The predicted octanol–water partition coefficient (Wildman–Crippen LogP) is 5.30. The first-order valence-electron chi connectivity index (χ1n) is 12.6. The Morgan fingerprint density at radius 1 is 0.973 bits per heavy atom. The molecule has 2 fully saturated rings. The number of hydrogen-bond donors (Lipinski definition) is 1. The molecular formula is C29H27FN4O3. The van der Waals surface area contributed by atoms with E-state index in [1.54, 1.807) is 12.3 Å². The Morgan fingerprint density at radius 2 is 1.76 bits per heavy atom.